The molecule has 0 bridgehead atoms. The topological polar surface area (TPSA) is 318 Å². The molecule has 732 valence electrons. The Bertz CT molecular complexity index is 3720. The summed E-state index contributed by atoms with van der Waals surface area (Å²) in [6.07, 6.45) is 17.7. The van der Waals surface area contributed by atoms with Crippen LogP contribution in [0.1, 0.15) is 312 Å². The van der Waals surface area contributed by atoms with Crippen LogP contribution in [0.5, 0.6) is 0 Å². The summed E-state index contributed by atoms with van der Waals surface area (Å²) in [6, 6.07) is 0.385. The van der Waals surface area contributed by atoms with E-state index in [0.29, 0.717) is 138 Å². The number of rotatable bonds is 67. The predicted octanol–water partition coefficient (Wildman–Crippen LogP) is 18.4. The van der Waals surface area contributed by atoms with Crippen molar-refractivity contribution in [3.05, 3.63) is 104 Å². The van der Waals surface area contributed by atoms with E-state index in [2.05, 4.69) is 203 Å². The molecule has 8 atom stereocenters. The van der Waals surface area contributed by atoms with Crippen LogP contribution >= 0.6 is 17.1 Å². The Morgan fingerprint density at radius 1 is 0.562 bits per heavy atom. The molecule has 5 N–H and O–H groups in total. The molecule has 0 aromatic carbocycles. The molecule has 2 saturated heterocycles. The molecule has 4 amide bonds. The fourth-order valence-corrected chi connectivity index (χ4v) is 27.8. The summed E-state index contributed by atoms with van der Waals surface area (Å²) in [6.45, 7) is 80.0. The maximum atomic E-state index is 13.3. The number of Topliss-reactive ketones (excluding diaryl/α,β-unsaturated/α-hetero) is 1. The van der Waals surface area contributed by atoms with Crippen LogP contribution in [-0.4, -0.2) is 222 Å². The zero-order valence-corrected chi connectivity index (χ0v) is 86.7. The van der Waals surface area contributed by atoms with E-state index < -0.39 is 93.5 Å². The molecule has 4 rings (SSSR count). The normalized spacial score (nSPS) is 18.2. The second-order valence-corrected chi connectivity index (χ2v) is 47.9. The lowest BCUT2D eigenvalue weighted by molar-refractivity contribution is -0.123. The number of H-pyrrole nitrogens is 1. The van der Waals surface area contributed by atoms with Gasteiger partial charge < -0.3 is 90.6 Å². The number of hydrogen-bond acceptors (Lipinski definition) is 22. The van der Waals surface area contributed by atoms with E-state index in [4.69, 9.17) is 67.9 Å². The lowest BCUT2D eigenvalue weighted by Gasteiger charge is -2.46. The van der Waals surface area contributed by atoms with Crippen molar-refractivity contribution in [1.82, 2.24) is 45.1 Å². The largest absolute Gasteiger partial charge is 0.391 e. The Kier molecular flexibility index (Phi) is 55.6. The Hall–Kier alpha value is -5.30. The van der Waals surface area contributed by atoms with Crippen LogP contribution < -0.4 is 32.5 Å². The SMILES string of the molecule is [C-]#[N+]CCOP(OC1C[C@H](N2C=C(C)C(=O)NC2=C)O[C@@H]1CO[Si](OC(CC)(CC)CCC(=O)NCCOCCOCCCC(=O)C(=C)C)(C(C)C)C(C)C)N(C(C)C)C(C)C.[C-]#[N+]CCOP(OC1C[C@H](n2cc(C)c(=O)[nH]c2=O)O[C@@H]1CO[Si](OC(CC)(CC)CCC(=O)NCCCCCCCCCCCCNC(=O)C(=C)C)(C(C)C)C(C)C)N(C(C)C)C(C)C. The van der Waals surface area contributed by atoms with Crippen LogP contribution in [0.2, 0.25) is 22.2 Å². The summed E-state index contributed by atoms with van der Waals surface area (Å²) < 4.78 is 86.0. The molecule has 1 aromatic heterocycles. The van der Waals surface area contributed by atoms with E-state index in [1.54, 1.807) is 33.9 Å². The third-order valence-electron chi connectivity index (χ3n) is 24.0. The second kappa shape index (κ2) is 60.8. The lowest BCUT2D eigenvalue weighted by Crippen LogP contribution is -2.56. The standard InChI is InChI=1S/C49H89N6O9PSi.C45H80N5O10PSi/c1-15-49(16-2,28-27-44(56)51-29-25-23-21-19-17-18-20-22-24-26-30-52-46(57)36(3)4)64-66(39(9)10,40(11)12)61-35-43-42(33-45(62-43)54-34-41(13)47(58)53-48(54)59)63-65(60-32-31-50-14)55(37(5)6)38(7)8;1-16-45(17-2,21-20-42(52)47-23-25-55-28-27-54-24-18-19-39(51)32(3)4)60-62(35(9)10,36(11)12)57-31-41-40(29-43(58-41)49-30-37(13)44(53)48-38(49)14)59-61(56-26-22-46-15)50(33(5)6)34(7)8/h34,37-40,42-43,45H,3,15-33,35H2,1-2,4-13H3,(H,51,56)(H,52,57)(H,53,58,59);30,33-36,40-41,43H,3,14,16-29,31H2,1-2,4-13H3,(H,47,52)(H,48,53)/t42?,43-,45-,65?;40?,41-,43-,61?/m11/s1. The van der Waals surface area contributed by atoms with Gasteiger partial charge in [0.15, 0.2) is 5.78 Å². The quantitative estimate of drug-likeness (QED) is 0.0133. The number of allylic oxidation sites excluding steroid dienone is 1. The maximum absolute atomic E-state index is 13.3. The molecule has 3 aliphatic heterocycles. The zero-order chi connectivity index (χ0) is 96.1. The zero-order valence-electron chi connectivity index (χ0n) is 82.9. The molecule has 1 aromatic rings. The Morgan fingerprint density at radius 2 is 0.969 bits per heavy atom. The highest BCUT2D eigenvalue weighted by molar-refractivity contribution is 7.45. The van der Waals surface area contributed by atoms with Gasteiger partial charge in [-0.25, -0.2) is 27.3 Å². The van der Waals surface area contributed by atoms with Gasteiger partial charge in [0.05, 0.1) is 56.4 Å². The number of aromatic amines is 1. The number of aryl methyl sites for hydroxylation is 1. The first kappa shape index (κ1) is 117. The number of ether oxygens (including phenoxy) is 4. The molecule has 30 nitrogen and oxygen atoms in total. The first-order valence-corrected chi connectivity index (χ1v) is 53.8. The van der Waals surface area contributed by atoms with E-state index in [0.717, 1.165) is 38.5 Å². The third kappa shape index (κ3) is 39.0. The molecular weight excluding hydrogens is 1710 g/mol. The van der Waals surface area contributed by atoms with Crippen molar-refractivity contribution >= 4 is 63.6 Å². The van der Waals surface area contributed by atoms with Crippen LogP contribution in [0, 0.1) is 20.1 Å². The Morgan fingerprint density at radius 3 is 1.38 bits per heavy atom. The van der Waals surface area contributed by atoms with Crippen molar-refractivity contribution in [3.63, 3.8) is 0 Å². The summed E-state index contributed by atoms with van der Waals surface area (Å²) in [4.78, 5) is 98.8. The molecule has 0 aliphatic carbocycles. The summed E-state index contributed by atoms with van der Waals surface area (Å²) in [5.41, 5.74) is 0.0588. The Balaban J connectivity index is 0.000000661. The van der Waals surface area contributed by atoms with E-state index in [1.807, 2.05) is 4.90 Å². The minimum atomic E-state index is -3.09. The van der Waals surface area contributed by atoms with Gasteiger partial charge in [0, 0.05) is 112 Å². The minimum absolute atomic E-state index is 0.0384. The van der Waals surface area contributed by atoms with Crippen LogP contribution in [0.25, 0.3) is 9.69 Å². The van der Waals surface area contributed by atoms with Crippen molar-refractivity contribution in [2.75, 3.05) is 85.6 Å². The maximum Gasteiger partial charge on any atom is 0.343 e. The summed E-state index contributed by atoms with van der Waals surface area (Å²) in [5, 5.41) is 11.9. The highest BCUT2D eigenvalue weighted by Crippen LogP contribution is 2.53. The summed E-state index contributed by atoms with van der Waals surface area (Å²) >= 11 is 0. The van der Waals surface area contributed by atoms with Crippen molar-refractivity contribution < 1.29 is 78.7 Å². The van der Waals surface area contributed by atoms with Gasteiger partial charge in [-0.05, 0) is 169 Å². The number of amides is 4. The van der Waals surface area contributed by atoms with Gasteiger partial charge in [0.2, 0.25) is 30.8 Å². The number of hydrogen-bond donors (Lipinski definition) is 5. The van der Waals surface area contributed by atoms with E-state index in [-0.39, 0.29) is 115 Å². The number of carbonyl (C=O) groups excluding carboxylic acids is 5. The van der Waals surface area contributed by atoms with Crippen LogP contribution in [0.3, 0.4) is 0 Å². The molecule has 0 saturated carbocycles. The third-order valence-corrected chi connectivity index (χ3v) is 37.4. The van der Waals surface area contributed by atoms with Gasteiger partial charge in [0.1, 0.15) is 43.7 Å². The second-order valence-electron chi connectivity index (χ2n) is 36.6. The highest BCUT2D eigenvalue weighted by Gasteiger charge is 2.55. The molecular formula is C94H169N11O19P2Si2. The molecule has 128 heavy (non-hydrogen) atoms. The molecule has 3 aliphatic rings. The molecule has 0 spiro atoms. The molecule has 2 fully saturated rings. The number of ketones is 1. The average Bonchev–Trinajstić information content (AvgIpc) is 1.04. The van der Waals surface area contributed by atoms with E-state index >= 15 is 0 Å². The van der Waals surface area contributed by atoms with Crippen LogP contribution in [-0.2, 0) is 78.7 Å². The molecule has 4 heterocycles. The fourth-order valence-electron chi connectivity index (χ4n) is 16.2. The molecule has 34 heteroatoms. The molecule has 4 unspecified atom stereocenters. The lowest BCUT2D eigenvalue weighted by atomic mass is 9.92. The number of aromatic nitrogens is 2. The van der Waals surface area contributed by atoms with Crippen molar-refractivity contribution in [1.29, 1.82) is 0 Å². The predicted molar refractivity (Wildman–Crippen MR) is 515 cm³/mol. The van der Waals surface area contributed by atoms with Gasteiger partial charge >= 0.3 is 22.8 Å². The average molecular weight is 1880 g/mol. The van der Waals surface area contributed by atoms with Gasteiger partial charge in [0.25, 0.3) is 28.5 Å². The smallest absolute Gasteiger partial charge is 0.343 e. The number of unbranched alkanes of at least 4 members (excludes halogenated alkanes) is 9. The van der Waals surface area contributed by atoms with Crippen molar-refractivity contribution in [2.45, 2.75) is 402 Å². The van der Waals surface area contributed by atoms with Crippen LogP contribution in [0.4, 0.5) is 0 Å². The summed E-state index contributed by atoms with van der Waals surface area (Å²) in [7, 11) is -9.38. The summed E-state index contributed by atoms with van der Waals surface area (Å²) in [5.74, 6) is 0.179. The van der Waals surface area contributed by atoms with Gasteiger partial charge in [-0.3, -0.25) is 38.3 Å². The van der Waals surface area contributed by atoms with Crippen molar-refractivity contribution in [2.24, 2.45) is 0 Å². The first-order chi connectivity index (χ1) is 60.5. The van der Waals surface area contributed by atoms with Crippen molar-refractivity contribution in [3.8, 4) is 0 Å². The van der Waals surface area contributed by atoms with Gasteiger partial charge in [-0.1, -0.05) is 154 Å². The minimum Gasteiger partial charge on any atom is -0.391 e. The van der Waals surface area contributed by atoms with Crippen LogP contribution in [0.15, 0.2) is 64.3 Å². The number of carbonyl (C=O) groups is 5. The van der Waals surface area contributed by atoms with E-state index in [9.17, 15) is 33.6 Å². The fraction of sp³-hybridized carbons (Fsp3) is 0.798. The highest BCUT2D eigenvalue weighted by atomic mass is 31.2. The number of nitrogens with zero attached hydrogens (tertiary/aromatic N) is 6. The Labute approximate surface area is 774 Å². The number of nitrogens with one attached hydrogen (secondary N) is 5. The van der Waals surface area contributed by atoms with E-state index in [1.165, 1.54) is 49.3 Å². The first-order valence-electron chi connectivity index (χ1n) is 47.6. The molecule has 0 radical (unpaired) electrons. The monoisotopic (exact) mass is 1870 g/mol. The van der Waals surface area contributed by atoms with Gasteiger partial charge in [-0.15, -0.1) is 0 Å². The van der Waals surface area contributed by atoms with Gasteiger partial charge in [-0.2, -0.15) is 0 Å².